The Bertz CT molecular complexity index is 1240. The van der Waals surface area contributed by atoms with E-state index in [1.54, 1.807) is 55.4 Å². The van der Waals surface area contributed by atoms with E-state index >= 15 is 0 Å². The summed E-state index contributed by atoms with van der Waals surface area (Å²) in [6, 6.07) is 8.19. The number of anilines is 1. The van der Waals surface area contributed by atoms with Gasteiger partial charge in [0.05, 0.1) is 17.1 Å². The number of likely N-dealkylation sites (tertiary alicyclic amines) is 2. The lowest BCUT2D eigenvalue weighted by Gasteiger charge is -2.33. The number of carbonyl (C=O) groups is 2. The highest BCUT2D eigenvalue weighted by molar-refractivity contribution is 5.87. The number of rotatable bonds is 6. The molecule has 0 unspecified atom stereocenters. The van der Waals surface area contributed by atoms with Gasteiger partial charge in [0.2, 0.25) is 17.5 Å². The van der Waals surface area contributed by atoms with Crippen molar-refractivity contribution in [3.05, 3.63) is 42.3 Å². The minimum absolute atomic E-state index is 0.0239. The standard InChI is InChI=1S/C23H25N7O4/c1-14(20(31)30-10-4-11-30)25-22-24-9-7-17(27-22)15-5-3-6-16(26-15)18-13-19(34-28-18)23(33)8-12-29(2)21(23)32/h3,5-7,9,13-14,33H,4,8,10-12H2,1-2H3,(H,24,25,27)/t14-,23-/m1/s1. The van der Waals surface area contributed by atoms with Gasteiger partial charge >= 0.3 is 0 Å². The summed E-state index contributed by atoms with van der Waals surface area (Å²) in [4.78, 5) is 41.3. The quantitative estimate of drug-likeness (QED) is 0.553. The van der Waals surface area contributed by atoms with Gasteiger partial charge in [-0.25, -0.2) is 15.0 Å². The average Bonchev–Trinajstić information content (AvgIpc) is 3.41. The second-order valence-electron chi connectivity index (χ2n) is 8.63. The maximum atomic E-state index is 12.4. The number of likely N-dealkylation sites (N-methyl/N-ethyl adjacent to an activating group) is 1. The number of amides is 2. The first-order valence-electron chi connectivity index (χ1n) is 11.2. The Morgan fingerprint density at radius 3 is 2.56 bits per heavy atom. The molecule has 0 bridgehead atoms. The van der Waals surface area contributed by atoms with Crippen LogP contribution in [0.2, 0.25) is 0 Å². The Morgan fingerprint density at radius 2 is 1.88 bits per heavy atom. The van der Waals surface area contributed by atoms with E-state index in [1.807, 2.05) is 0 Å². The number of aromatic nitrogens is 4. The van der Waals surface area contributed by atoms with Gasteiger partial charge in [0.25, 0.3) is 5.91 Å². The van der Waals surface area contributed by atoms with Crippen molar-refractivity contribution in [3.63, 3.8) is 0 Å². The number of aliphatic hydroxyl groups is 1. The number of carbonyl (C=O) groups excluding carboxylic acids is 2. The first kappa shape index (κ1) is 22.0. The molecule has 5 heterocycles. The van der Waals surface area contributed by atoms with Gasteiger partial charge in [-0.15, -0.1) is 0 Å². The summed E-state index contributed by atoms with van der Waals surface area (Å²) in [5.41, 5.74) is 0.329. The third-order valence-electron chi connectivity index (χ3n) is 6.24. The van der Waals surface area contributed by atoms with Crippen LogP contribution < -0.4 is 5.32 Å². The monoisotopic (exact) mass is 463 g/mol. The maximum Gasteiger partial charge on any atom is 0.262 e. The molecule has 34 heavy (non-hydrogen) atoms. The smallest absolute Gasteiger partial charge is 0.262 e. The van der Waals surface area contributed by atoms with E-state index in [0.717, 1.165) is 19.5 Å². The topological polar surface area (TPSA) is 138 Å². The van der Waals surface area contributed by atoms with Crippen LogP contribution in [0.5, 0.6) is 0 Å². The molecule has 3 aromatic rings. The van der Waals surface area contributed by atoms with Gasteiger partial charge in [0.15, 0.2) is 5.76 Å². The lowest BCUT2D eigenvalue weighted by Crippen LogP contribution is -2.48. The molecule has 0 spiro atoms. The highest BCUT2D eigenvalue weighted by atomic mass is 16.5. The molecule has 3 aromatic heterocycles. The molecule has 2 amide bonds. The number of nitrogens with one attached hydrogen (secondary N) is 1. The van der Waals surface area contributed by atoms with E-state index < -0.39 is 17.6 Å². The molecule has 0 radical (unpaired) electrons. The lowest BCUT2D eigenvalue weighted by molar-refractivity contribution is -0.144. The summed E-state index contributed by atoms with van der Waals surface area (Å²) < 4.78 is 5.33. The van der Waals surface area contributed by atoms with E-state index in [2.05, 4.69) is 25.4 Å². The number of hydrogen-bond donors (Lipinski definition) is 2. The summed E-state index contributed by atoms with van der Waals surface area (Å²) in [7, 11) is 1.63. The van der Waals surface area contributed by atoms with Gasteiger partial charge in [-0.1, -0.05) is 11.2 Å². The Kier molecular flexibility index (Phi) is 5.48. The zero-order valence-corrected chi connectivity index (χ0v) is 18.9. The fraction of sp³-hybridized carbons (Fsp3) is 0.391. The van der Waals surface area contributed by atoms with Crippen molar-refractivity contribution in [2.24, 2.45) is 0 Å². The largest absolute Gasteiger partial charge is 0.373 e. The molecule has 2 saturated heterocycles. The van der Waals surface area contributed by atoms with Gasteiger partial charge in [-0.3, -0.25) is 9.59 Å². The van der Waals surface area contributed by atoms with Gasteiger partial charge in [-0.2, -0.15) is 0 Å². The molecule has 0 aromatic carbocycles. The molecule has 2 fully saturated rings. The molecule has 5 rings (SSSR count). The van der Waals surface area contributed by atoms with Crippen LogP contribution in [-0.2, 0) is 15.2 Å². The zero-order chi connectivity index (χ0) is 23.9. The van der Waals surface area contributed by atoms with Crippen molar-refractivity contribution in [2.45, 2.75) is 31.4 Å². The second kappa shape index (κ2) is 8.49. The van der Waals surface area contributed by atoms with Crippen molar-refractivity contribution < 1.29 is 19.2 Å². The van der Waals surface area contributed by atoms with E-state index in [4.69, 9.17) is 4.52 Å². The Hall–Kier alpha value is -3.86. The normalized spacial score (nSPS) is 20.9. The molecule has 176 valence electrons. The maximum absolute atomic E-state index is 12.4. The van der Waals surface area contributed by atoms with Crippen molar-refractivity contribution in [1.29, 1.82) is 0 Å². The summed E-state index contributed by atoms with van der Waals surface area (Å²) in [5, 5.41) is 17.9. The van der Waals surface area contributed by atoms with Gasteiger partial charge < -0.3 is 24.7 Å². The van der Waals surface area contributed by atoms with Crippen molar-refractivity contribution in [1.82, 2.24) is 29.9 Å². The summed E-state index contributed by atoms with van der Waals surface area (Å²) in [5.74, 6) is 0.0369. The molecule has 11 heteroatoms. The zero-order valence-electron chi connectivity index (χ0n) is 18.9. The average molecular weight is 463 g/mol. The predicted octanol–water partition coefficient (Wildman–Crippen LogP) is 1.28. The van der Waals surface area contributed by atoms with Crippen LogP contribution in [0.1, 0.15) is 25.5 Å². The van der Waals surface area contributed by atoms with E-state index in [9.17, 15) is 14.7 Å². The fourth-order valence-electron chi connectivity index (χ4n) is 4.03. The van der Waals surface area contributed by atoms with E-state index in [0.29, 0.717) is 35.3 Å². The third kappa shape index (κ3) is 3.87. The minimum atomic E-state index is -1.71. The van der Waals surface area contributed by atoms with Gasteiger partial charge in [0, 0.05) is 45.4 Å². The first-order valence-corrected chi connectivity index (χ1v) is 11.2. The molecule has 2 N–H and O–H groups in total. The lowest BCUT2D eigenvalue weighted by atomic mass is 9.98. The molecular formula is C23H25N7O4. The third-order valence-corrected chi connectivity index (χ3v) is 6.24. The van der Waals surface area contributed by atoms with Crippen LogP contribution in [0.4, 0.5) is 5.95 Å². The molecule has 0 aliphatic carbocycles. The number of hydrogen-bond acceptors (Lipinski definition) is 9. The Morgan fingerprint density at radius 1 is 1.15 bits per heavy atom. The van der Waals surface area contributed by atoms with Crippen molar-refractivity contribution in [2.75, 3.05) is 32.0 Å². The van der Waals surface area contributed by atoms with Crippen LogP contribution in [0.3, 0.4) is 0 Å². The van der Waals surface area contributed by atoms with Crippen LogP contribution in [-0.4, -0.2) is 79.6 Å². The summed E-state index contributed by atoms with van der Waals surface area (Å²) in [6.07, 6.45) is 2.87. The first-order chi connectivity index (χ1) is 16.3. The molecule has 11 nitrogen and oxygen atoms in total. The van der Waals surface area contributed by atoms with Crippen molar-refractivity contribution in [3.8, 4) is 22.8 Å². The Labute approximate surface area is 195 Å². The molecule has 2 aliphatic heterocycles. The fourth-order valence-corrected chi connectivity index (χ4v) is 4.03. The molecule has 0 saturated carbocycles. The minimum Gasteiger partial charge on any atom is -0.373 e. The number of nitrogens with zero attached hydrogens (tertiary/aromatic N) is 6. The summed E-state index contributed by atoms with van der Waals surface area (Å²) >= 11 is 0. The van der Waals surface area contributed by atoms with Crippen molar-refractivity contribution >= 4 is 17.8 Å². The van der Waals surface area contributed by atoms with E-state index in [-0.39, 0.29) is 18.1 Å². The SMILES string of the molecule is C[C@@H](Nc1nccc(-c2cccc(-c3cc([C@]4(O)CCN(C)C4=O)on3)n2)n1)C(=O)N1CCC1. The Balaban J connectivity index is 1.36. The highest BCUT2D eigenvalue weighted by Crippen LogP contribution is 2.34. The summed E-state index contributed by atoms with van der Waals surface area (Å²) in [6.45, 7) is 3.80. The van der Waals surface area contributed by atoms with Crippen LogP contribution in [0.25, 0.3) is 22.8 Å². The number of pyridine rings is 1. The highest BCUT2D eigenvalue weighted by Gasteiger charge is 2.48. The van der Waals surface area contributed by atoms with Crippen LogP contribution in [0.15, 0.2) is 41.1 Å². The molecule has 2 atom stereocenters. The predicted molar refractivity (Wildman–Crippen MR) is 121 cm³/mol. The second-order valence-corrected chi connectivity index (χ2v) is 8.63. The van der Waals surface area contributed by atoms with E-state index in [1.165, 1.54) is 4.90 Å². The van der Waals surface area contributed by atoms with Gasteiger partial charge in [0.1, 0.15) is 11.7 Å². The molecular weight excluding hydrogens is 438 g/mol. The van der Waals surface area contributed by atoms with Crippen LogP contribution >= 0.6 is 0 Å². The molecule has 2 aliphatic rings. The van der Waals surface area contributed by atoms with Crippen LogP contribution in [0, 0.1) is 0 Å². The van der Waals surface area contributed by atoms with Gasteiger partial charge in [-0.05, 0) is 31.5 Å².